The smallest absolute Gasteiger partial charge is 0.0362 e. The first kappa shape index (κ1) is 14.7. The van der Waals surface area contributed by atoms with E-state index in [4.69, 9.17) is 0 Å². The van der Waals surface area contributed by atoms with E-state index in [9.17, 15) is 4.21 Å². The highest BCUT2D eigenvalue weighted by Gasteiger charge is 2.29. The lowest BCUT2D eigenvalue weighted by molar-refractivity contribution is 0.324. The minimum Gasteiger partial charge on any atom is -0.307 e. The Morgan fingerprint density at radius 1 is 1.35 bits per heavy atom. The van der Waals surface area contributed by atoms with Crippen LogP contribution in [0.4, 0.5) is 0 Å². The summed E-state index contributed by atoms with van der Waals surface area (Å²) < 4.78 is 12.0. The summed E-state index contributed by atoms with van der Waals surface area (Å²) in [7, 11) is -0.616. The molecule has 4 heteroatoms. The lowest BCUT2D eigenvalue weighted by Gasteiger charge is -2.34. The van der Waals surface area contributed by atoms with Crippen LogP contribution in [0.3, 0.4) is 0 Å². The van der Waals surface area contributed by atoms with E-state index in [0.717, 1.165) is 18.6 Å². The summed E-state index contributed by atoms with van der Waals surface area (Å²) >= 11 is 1.91. The van der Waals surface area contributed by atoms with Crippen LogP contribution in [0.1, 0.15) is 61.9 Å². The zero-order chi connectivity index (χ0) is 13.9. The molecule has 1 heterocycles. The molecule has 4 atom stereocenters. The van der Waals surface area contributed by atoms with Crippen molar-refractivity contribution in [2.75, 3.05) is 5.75 Å². The number of thiophene rings is 1. The van der Waals surface area contributed by atoms with Gasteiger partial charge in [-0.2, -0.15) is 0 Å². The van der Waals surface area contributed by atoms with Crippen molar-refractivity contribution < 1.29 is 4.21 Å². The summed E-state index contributed by atoms with van der Waals surface area (Å²) in [6.07, 6.45) is 8.59. The quantitative estimate of drug-likeness (QED) is 0.916. The Morgan fingerprint density at radius 3 is 3.10 bits per heavy atom. The van der Waals surface area contributed by atoms with E-state index in [1.54, 1.807) is 10.4 Å². The third-order valence-electron chi connectivity index (χ3n) is 4.77. The van der Waals surface area contributed by atoms with Gasteiger partial charge in [0.15, 0.2) is 0 Å². The third kappa shape index (κ3) is 3.18. The Kier molecular flexibility index (Phi) is 4.95. The van der Waals surface area contributed by atoms with Gasteiger partial charge in [0.1, 0.15) is 0 Å². The minimum atomic E-state index is -0.616. The number of rotatable bonds is 4. The van der Waals surface area contributed by atoms with Gasteiger partial charge in [-0.25, -0.2) is 0 Å². The van der Waals surface area contributed by atoms with Crippen molar-refractivity contribution in [3.8, 4) is 0 Å². The number of aryl methyl sites for hydroxylation is 1. The van der Waals surface area contributed by atoms with E-state index < -0.39 is 10.8 Å². The fraction of sp³-hybridized carbons (Fsp3) is 0.750. The van der Waals surface area contributed by atoms with Gasteiger partial charge in [0, 0.05) is 38.8 Å². The van der Waals surface area contributed by atoms with Gasteiger partial charge < -0.3 is 5.32 Å². The second-order valence-electron chi connectivity index (χ2n) is 6.07. The third-order valence-corrected chi connectivity index (χ3v) is 7.51. The van der Waals surface area contributed by atoms with Crippen LogP contribution in [0.5, 0.6) is 0 Å². The van der Waals surface area contributed by atoms with Crippen molar-refractivity contribution in [2.24, 2.45) is 0 Å². The second kappa shape index (κ2) is 6.71. The molecule has 0 aliphatic heterocycles. The number of fused-ring (bicyclic) bond motifs is 1. The summed E-state index contributed by atoms with van der Waals surface area (Å²) in [5.74, 6) is 0.815. The van der Waals surface area contributed by atoms with Crippen molar-refractivity contribution in [2.45, 2.75) is 69.2 Å². The van der Waals surface area contributed by atoms with Crippen LogP contribution in [-0.2, 0) is 17.2 Å². The largest absolute Gasteiger partial charge is 0.307 e. The molecule has 0 spiro atoms. The van der Waals surface area contributed by atoms with Gasteiger partial charge in [0.2, 0.25) is 0 Å². The van der Waals surface area contributed by atoms with Crippen molar-refractivity contribution in [1.29, 1.82) is 0 Å². The van der Waals surface area contributed by atoms with Gasteiger partial charge >= 0.3 is 0 Å². The summed E-state index contributed by atoms with van der Waals surface area (Å²) in [4.78, 5) is 1.58. The molecule has 1 aromatic rings. The molecule has 1 saturated carbocycles. The lowest BCUT2D eigenvalue weighted by atomic mass is 9.90. The van der Waals surface area contributed by atoms with Crippen LogP contribution < -0.4 is 5.32 Å². The highest BCUT2D eigenvalue weighted by atomic mass is 32.2. The molecule has 1 fully saturated rings. The van der Waals surface area contributed by atoms with Gasteiger partial charge in [-0.05, 0) is 55.5 Å². The van der Waals surface area contributed by atoms with Gasteiger partial charge in [-0.1, -0.05) is 13.3 Å². The molecule has 0 radical (unpaired) electrons. The summed E-state index contributed by atoms with van der Waals surface area (Å²) in [5, 5.41) is 6.55. The molecule has 1 N–H and O–H groups in total. The Labute approximate surface area is 128 Å². The predicted molar refractivity (Wildman–Crippen MR) is 87.9 cm³/mol. The number of nitrogens with one attached hydrogen (secondary N) is 1. The van der Waals surface area contributed by atoms with Crippen LogP contribution in [0.15, 0.2) is 11.4 Å². The molecule has 0 amide bonds. The maximum atomic E-state index is 12.0. The molecule has 2 aliphatic rings. The van der Waals surface area contributed by atoms with E-state index in [-0.39, 0.29) is 0 Å². The maximum Gasteiger partial charge on any atom is 0.0362 e. The molecule has 0 saturated heterocycles. The van der Waals surface area contributed by atoms with Crippen molar-refractivity contribution in [3.63, 3.8) is 0 Å². The normalized spacial score (nSPS) is 31.8. The van der Waals surface area contributed by atoms with Crippen molar-refractivity contribution in [1.82, 2.24) is 5.32 Å². The molecule has 20 heavy (non-hydrogen) atoms. The number of hydrogen-bond acceptors (Lipinski definition) is 3. The monoisotopic (exact) mass is 311 g/mol. The van der Waals surface area contributed by atoms with Crippen LogP contribution in [0.25, 0.3) is 0 Å². The zero-order valence-electron chi connectivity index (χ0n) is 12.3. The molecule has 0 aromatic carbocycles. The Hall–Kier alpha value is -0.190. The summed E-state index contributed by atoms with van der Waals surface area (Å²) in [5.41, 5.74) is 1.54. The predicted octanol–water partition coefficient (Wildman–Crippen LogP) is 3.79. The first-order chi connectivity index (χ1) is 9.78. The Morgan fingerprint density at radius 2 is 2.25 bits per heavy atom. The van der Waals surface area contributed by atoms with E-state index in [1.807, 2.05) is 18.3 Å². The Balaban J connectivity index is 1.63. The van der Waals surface area contributed by atoms with E-state index in [0.29, 0.717) is 17.3 Å². The standard InChI is InChI=1S/C16H25NOS2/c1-2-20(18)13-6-3-5-12(11-13)17-15-7-4-8-16-14(15)9-10-19-16/h9-10,12-13,15,17H,2-8,11H2,1H3/t12-,13-,15-,20+/m1/s1. The fourth-order valence-electron chi connectivity index (χ4n) is 3.71. The second-order valence-corrected chi connectivity index (χ2v) is 9.07. The highest BCUT2D eigenvalue weighted by molar-refractivity contribution is 7.85. The molecular formula is C16H25NOS2. The average molecular weight is 312 g/mol. The SMILES string of the molecule is CC[S@](=O)[C@@H]1CCC[C@@H](N[C@@H]2CCCc3sccc32)C1. The molecule has 112 valence electrons. The summed E-state index contributed by atoms with van der Waals surface area (Å²) in [6, 6.07) is 3.42. The Bertz CT molecular complexity index is 471. The molecular weight excluding hydrogens is 286 g/mol. The molecule has 0 bridgehead atoms. The van der Waals surface area contributed by atoms with E-state index in [2.05, 4.69) is 16.8 Å². The zero-order valence-corrected chi connectivity index (χ0v) is 13.9. The van der Waals surface area contributed by atoms with E-state index in [1.165, 1.54) is 32.1 Å². The van der Waals surface area contributed by atoms with Gasteiger partial charge in [-0.15, -0.1) is 11.3 Å². The fourth-order valence-corrected chi connectivity index (χ4v) is 6.05. The van der Waals surface area contributed by atoms with Crippen LogP contribution in [0.2, 0.25) is 0 Å². The highest BCUT2D eigenvalue weighted by Crippen LogP contribution is 2.35. The number of hydrogen-bond donors (Lipinski definition) is 1. The average Bonchev–Trinajstić information content (AvgIpc) is 2.96. The topological polar surface area (TPSA) is 29.1 Å². The van der Waals surface area contributed by atoms with Crippen LogP contribution in [0, 0.1) is 0 Å². The summed E-state index contributed by atoms with van der Waals surface area (Å²) in [6.45, 7) is 2.05. The van der Waals surface area contributed by atoms with Gasteiger partial charge in [-0.3, -0.25) is 4.21 Å². The molecule has 2 aliphatic carbocycles. The molecule has 3 rings (SSSR count). The van der Waals surface area contributed by atoms with E-state index >= 15 is 0 Å². The first-order valence-electron chi connectivity index (χ1n) is 7.97. The maximum absolute atomic E-state index is 12.0. The van der Waals surface area contributed by atoms with Crippen LogP contribution in [-0.4, -0.2) is 21.3 Å². The molecule has 0 unspecified atom stereocenters. The van der Waals surface area contributed by atoms with Gasteiger partial charge in [0.05, 0.1) is 0 Å². The molecule has 1 aromatic heterocycles. The van der Waals surface area contributed by atoms with Crippen molar-refractivity contribution in [3.05, 3.63) is 21.9 Å². The first-order valence-corrected chi connectivity index (χ1v) is 10.2. The van der Waals surface area contributed by atoms with Crippen molar-refractivity contribution >= 4 is 22.1 Å². The minimum absolute atomic E-state index is 0.428. The van der Waals surface area contributed by atoms with Gasteiger partial charge in [0.25, 0.3) is 0 Å². The lowest BCUT2D eigenvalue weighted by Crippen LogP contribution is -2.40. The van der Waals surface area contributed by atoms with Crippen LogP contribution >= 0.6 is 11.3 Å². The molecule has 2 nitrogen and oxygen atoms in total.